The Balaban J connectivity index is 2.01. The molecule has 1 aliphatic rings. The first-order chi connectivity index (χ1) is 12.6. The molecule has 0 bridgehead atoms. The van der Waals surface area contributed by atoms with E-state index >= 15 is 0 Å². The van der Waals surface area contributed by atoms with Crippen molar-refractivity contribution in [1.82, 2.24) is 0 Å². The summed E-state index contributed by atoms with van der Waals surface area (Å²) in [6.45, 7) is 5.55. The summed E-state index contributed by atoms with van der Waals surface area (Å²) in [4.78, 5) is 2.48. The maximum atomic E-state index is 2.48. The van der Waals surface area contributed by atoms with Crippen molar-refractivity contribution in [3.8, 4) is 0 Å². The van der Waals surface area contributed by atoms with Gasteiger partial charge in [-0.15, -0.1) is 0 Å². The molecule has 3 heteroatoms. The molecule has 0 radical (unpaired) electrons. The molecule has 0 saturated carbocycles. The quantitative estimate of drug-likeness (QED) is 0.654. The highest BCUT2D eigenvalue weighted by molar-refractivity contribution is 8.13. The van der Waals surface area contributed by atoms with Gasteiger partial charge >= 0.3 is 0 Å². The molecule has 1 atom stereocenters. The van der Waals surface area contributed by atoms with E-state index in [1.54, 1.807) is 0 Å². The molecule has 0 fully saturated rings. The van der Waals surface area contributed by atoms with E-state index in [4.69, 9.17) is 0 Å². The lowest BCUT2D eigenvalue weighted by molar-refractivity contribution is -0.544. The lowest BCUT2D eigenvalue weighted by Gasteiger charge is -2.32. The highest BCUT2D eigenvalue weighted by Crippen LogP contribution is 2.30. The number of thioether (sulfide) groups is 1. The summed E-state index contributed by atoms with van der Waals surface area (Å²) in [5.74, 6) is 0.611. The normalized spacial score (nSPS) is 17.4. The van der Waals surface area contributed by atoms with Crippen LogP contribution in [0.5, 0.6) is 0 Å². The fourth-order valence-corrected chi connectivity index (χ4v) is 4.30. The molecule has 136 valence electrons. The predicted molar refractivity (Wildman–Crippen MR) is 115 cm³/mol. The van der Waals surface area contributed by atoms with Gasteiger partial charge in [-0.3, -0.25) is 0 Å². The first kappa shape index (κ1) is 18.8. The van der Waals surface area contributed by atoms with Crippen LogP contribution in [0.3, 0.4) is 0 Å². The third kappa shape index (κ3) is 4.21. The standard InChI is InChI=1S/C23H29N2S/c1-18(2)22-15-21(16-23(26-4)24(22)3)25(20-13-9-6-10-14-20)17-19-11-7-5-8-12-19/h5-14,16,18,22H,15,17H2,1-4H3/q+1/t22-/m1/s1. The molecular formula is C23H29N2S+. The topological polar surface area (TPSA) is 6.25 Å². The van der Waals surface area contributed by atoms with Crippen molar-refractivity contribution in [2.24, 2.45) is 5.92 Å². The minimum atomic E-state index is 0.527. The Morgan fingerprint density at radius 1 is 1.04 bits per heavy atom. The van der Waals surface area contributed by atoms with E-state index in [1.165, 1.54) is 22.0 Å². The Bertz CT molecular complexity index is 778. The Kier molecular flexibility index (Phi) is 6.20. The van der Waals surface area contributed by atoms with E-state index < -0.39 is 0 Å². The summed E-state index contributed by atoms with van der Waals surface area (Å²) in [7, 11) is 2.23. The van der Waals surface area contributed by atoms with Gasteiger partial charge in [0.1, 0.15) is 7.05 Å². The lowest BCUT2D eigenvalue weighted by Crippen LogP contribution is -2.38. The van der Waals surface area contributed by atoms with Crippen LogP contribution in [0.15, 0.2) is 72.4 Å². The minimum absolute atomic E-state index is 0.527. The molecule has 1 heterocycles. The molecule has 0 aliphatic carbocycles. The summed E-state index contributed by atoms with van der Waals surface area (Å²) >= 11 is 1.84. The van der Waals surface area contributed by atoms with Crippen molar-refractivity contribution in [1.29, 1.82) is 0 Å². The summed E-state index contributed by atoms with van der Waals surface area (Å²) in [5.41, 5.74) is 4.00. The zero-order valence-electron chi connectivity index (χ0n) is 16.2. The fourth-order valence-electron chi connectivity index (χ4n) is 3.62. The molecule has 0 saturated heterocycles. The van der Waals surface area contributed by atoms with E-state index in [0.717, 1.165) is 13.0 Å². The van der Waals surface area contributed by atoms with Crippen LogP contribution in [0.2, 0.25) is 0 Å². The number of nitrogens with zero attached hydrogens (tertiary/aromatic N) is 2. The van der Waals surface area contributed by atoms with Gasteiger partial charge in [-0.1, -0.05) is 74.1 Å². The van der Waals surface area contributed by atoms with Gasteiger partial charge in [0, 0.05) is 29.9 Å². The second-order valence-electron chi connectivity index (χ2n) is 7.21. The Hall–Kier alpha value is -2.00. The summed E-state index contributed by atoms with van der Waals surface area (Å²) < 4.78 is 2.45. The van der Waals surface area contributed by atoms with Gasteiger partial charge in [-0.25, -0.2) is 4.58 Å². The van der Waals surface area contributed by atoms with Crippen LogP contribution < -0.4 is 4.90 Å². The predicted octanol–water partition coefficient (Wildman–Crippen LogP) is 5.41. The van der Waals surface area contributed by atoms with Crippen LogP contribution in [-0.2, 0) is 6.54 Å². The lowest BCUT2D eigenvalue weighted by atomic mass is 9.95. The summed E-state index contributed by atoms with van der Waals surface area (Å²) in [6.07, 6.45) is 5.62. The monoisotopic (exact) mass is 365 g/mol. The summed E-state index contributed by atoms with van der Waals surface area (Å²) in [6, 6.07) is 22.0. The van der Waals surface area contributed by atoms with Gasteiger partial charge in [0.15, 0.2) is 6.04 Å². The van der Waals surface area contributed by atoms with E-state index in [1.807, 2.05) is 11.8 Å². The van der Waals surface area contributed by atoms with Crippen molar-refractivity contribution in [2.75, 3.05) is 18.2 Å². The Labute approximate surface area is 162 Å². The van der Waals surface area contributed by atoms with E-state index in [2.05, 4.69) is 103 Å². The third-order valence-corrected chi connectivity index (χ3v) is 5.95. The minimum Gasteiger partial charge on any atom is -0.340 e. The zero-order chi connectivity index (χ0) is 18.5. The molecule has 0 spiro atoms. The van der Waals surface area contributed by atoms with Gasteiger partial charge in [-0.05, 0) is 24.0 Å². The SMILES string of the molecule is CSC1=[N+](C)[C@@H](C(C)C)CC(N(Cc2ccccc2)c2ccccc2)=C1. The average molecular weight is 366 g/mol. The largest absolute Gasteiger partial charge is 0.340 e. The van der Waals surface area contributed by atoms with Crippen molar-refractivity contribution in [3.05, 3.63) is 78.0 Å². The molecule has 0 amide bonds. The first-order valence-electron chi connectivity index (χ1n) is 9.31. The number of hydrogen-bond acceptors (Lipinski definition) is 2. The van der Waals surface area contributed by atoms with Crippen LogP contribution in [0.4, 0.5) is 5.69 Å². The molecule has 2 aromatic carbocycles. The van der Waals surface area contributed by atoms with Gasteiger partial charge in [0.2, 0.25) is 5.04 Å². The van der Waals surface area contributed by atoms with Gasteiger partial charge in [0.05, 0.1) is 6.42 Å². The van der Waals surface area contributed by atoms with Crippen molar-refractivity contribution in [2.45, 2.75) is 32.9 Å². The third-order valence-electron chi connectivity index (χ3n) is 5.13. The number of benzene rings is 2. The summed E-state index contributed by atoms with van der Waals surface area (Å²) in [5, 5.41) is 1.35. The van der Waals surface area contributed by atoms with Crippen molar-refractivity contribution >= 4 is 22.5 Å². The maximum absolute atomic E-state index is 2.48. The van der Waals surface area contributed by atoms with Gasteiger partial charge in [-0.2, -0.15) is 0 Å². The van der Waals surface area contributed by atoms with Gasteiger partial charge in [0.25, 0.3) is 0 Å². The molecule has 0 aromatic heterocycles. The number of anilines is 1. The zero-order valence-corrected chi connectivity index (χ0v) is 17.0. The fraction of sp³-hybridized carbons (Fsp3) is 0.348. The number of hydrogen-bond donors (Lipinski definition) is 0. The Morgan fingerprint density at radius 3 is 2.23 bits per heavy atom. The maximum Gasteiger partial charge on any atom is 0.236 e. The average Bonchev–Trinajstić information content (AvgIpc) is 2.68. The Morgan fingerprint density at radius 2 is 1.65 bits per heavy atom. The number of para-hydroxylation sites is 1. The molecule has 26 heavy (non-hydrogen) atoms. The highest BCUT2D eigenvalue weighted by Gasteiger charge is 2.32. The van der Waals surface area contributed by atoms with E-state index in [-0.39, 0.29) is 0 Å². The van der Waals surface area contributed by atoms with Crippen LogP contribution >= 0.6 is 11.8 Å². The molecule has 2 aromatic rings. The molecule has 2 nitrogen and oxygen atoms in total. The highest BCUT2D eigenvalue weighted by atomic mass is 32.2. The van der Waals surface area contributed by atoms with Crippen molar-refractivity contribution in [3.63, 3.8) is 0 Å². The number of rotatable bonds is 5. The smallest absolute Gasteiger partial charge is 0.236 e. The van der Waals surface area contributed by atoms with Crippen LogP contribution in [0.1, 0.15) is 25.8 Å². The van der Waals surface area contributed by atoms with E-state index in [0.29, 0.717) is 12.0 Å². The van der Waals surface area contributed by atoms with Crippen LogP contribution in [0.25, 0.3) is 0 Å². The first-order valence-corrected chi connectivity index (χ1v) is 10.5. The molecule has 0 unspecified atom stereocenters. The second-order valence-corrected chi connectivity index (χ2v) is 8.04. The van der Waals surface area contributed by atoms with E-state index in [9.17, 15) is 0 Å². The molecule has 1 aliphatic heterocycles. The van der Waals surface area contributed by atoms with Crippen LogP contribution in [0, 0.1) is 5.92 Å². The molecule has 3 rings (SSSR count). The molecular weight excluding hydrogens is 336 g/mol. The van der Waals surface area contributed by atoms with Gasteiger partial charge < -0.3 is 4.90 Å². The van der Waals surface area contributed by atoms with Crippen molar-refractivity contribution < 1.29 is 4.58 Å². The van der Waals surface area contributed by atoms with Crippen LogP contribution in [-0.4, -0.2) is 29.0 Å². The molecule has 0 N–H and O–H groups in total. The second kappa shape index (κ2) is 8.59.